The number of rotatable bonds is 3. The van der Waals surface area contributed by atoms with Gasteiger partial charge in [-0.15, -0.1) is 0 Å². The summed E-state index contributed by atoms with van der Waals surface area (Å²) in [5, 5.41) is 0. The Labute approximate surface area is 81.5 Å². The highest BCUT2D eigenvalue weighted by Crippen LogP contribution is 2.33. The van der Waals surface area contributed by atoms with Gasteiger partial charge in [0.25, 0.3) is 0 Å². The highest BCUT2D eigenvalue weighted by atomic mass is 15.2. The fourth-order valence-electron chi connectivity index (χ4n) is 2.84. The van der Waals surface area contributed by atoms with E-state index in [1.165, 1.54) is 32.2 Å². The minimum Gasteiger partial charge on any atom is -0.325 e. The molecule has 1 saturated heterocycles. The summed E-state index contributed by atoms with van der Waals surface area (Å²) in [5.41, 5.74) is 5.75. The Morgan fingerprint density at radius 1 is 1.23 bits per heavy atom. The van der Waals surface area contributed by atoms with Crippen molar-refractivity contribution in [3.05, 3.63) is 0 Å². The third-order valence-corrected chi connectivity index (χ3v) is 3.73. The Morgan fingerprint density at radius 3 is 2.46 bits per heavy atom. The third-order valence-electron chi connectivity index (χ3n) is 3.73. The van der Waals surface area contributed by atoms with E-state index in [1.807, 2.05) is 0 Å². The second-order valence-corrected chi connectivity index (χ2v) is 4.93. The number of nitrogens with zero attached hydrogens (tertiary/aromatic N) is 1. The van der Waals surface area contributed by atoms with Crippen LogP contribution >= 0.6 is 0 Å². The van der Waals surface area contributed by atoms with Crippen molar-refractivity contribution in [2.75, 3.05) is 19.6 Å². The van der Waals surface area contributed by atoms with Crippen LogP contribution in [0, 0.1) is 11.8 Å². The van der Waals surface area contributed by atoms with Gasteiger partial charge in [-0.2, -0.15) is 0 Å². The first kappa shape index (κ1) is 9.47. The van der Waals surface area contributed by atoms with Crippen molar-refractivity contribution >= 4 is 0 Å². The molecule has 13 heavy (non-hydrogen) atoms. The van der Waals surface area contributed by atoms with Crippen molar-refractivity contribution in [3.8, 4) is 0 Å². The normalized spacial score (nSPS) is 36.5. The van der Waals surface area contributed by atoms with Gasteiger partial charge in [-0.25, -0.2) is 0 Å². The molecule has 0 amide bonds. The van der Waals surface area contributed by atoms with Gasteiger partial charge in [0.1, 0.15) is 0 Å². The molecule has 0 aromatic carbocycles. The Hall–Kier alpha value is -0.0800. The van der Waals surface area contributed by atoms with Crippen molar-refractivity contribution in [1.82, 2.24) is 4.90 Å². The van der Waals surface area contributed by atoms with E-state index in [9.17, 15) is 0 Å². The summed E-state index contributed by atoms with van der Waals surface area (Å²) in [7, 11) is 0. The minimum absolute atomic E-state index is 0.475. The fourth-order valence-corrected chi connectivity index (χ4v) is 2.84. The summed E-state index contributed by atoms with van der Waals surface area (Å²) in [6.45, 7) is 5.94. The third kappa shape index (κ3) is 2.23. The molecule has 0 radical (unpaired) electrons. The van der Waals surface area contributed by atoms with E-state index in [1.54, 1.807) is 0 Å². The molecule has 0 bridgehead atoms. The second-order valence-electron chi connectivity index (χ2n) is 4.93. The summed E-state index contributed by atoms with van der Waals surface area (Å²) in [4.78, 5) is 2.52. The highest BCUT2D eigenvalue weighted by molar-refractivity contribution is 4.86. The monoisotopic (exact) mass is 182 g/mol. The lowest BCUT2D eigenvalue weighted by Gasteiger charge is -2.38. The molecule has 1 unspecified atom stereocenters. The van der Waals surface area contributed by atoms with Crippen molar-refractivity contribution in [2.45, 2.75) is 38.6 Å². The first-order chi connectivity index (χ1) is 6.28. The van der Waals surface area contributed by atoms with Crippen molar-refractivity contribution in [1.29, 1.82) is 0 Å². The van der Waals surface area contributed by atoms with Crippen LogP contribution in [0.2, 0.25) is 0 Å². The lowest BCUT2D eigenvalue weighted by atomic mass is 10.0. The molecule has 1 heterocycles. The summed E-state index contributed by atoms with van der Waals surface area (Å²) in [5.74, 6) is 2.01. The zero-order valence-electron chi connectivity index (χ0n) is 8.71. The molecule has 2 rings (SSSR count). The van der Waals surface area contributed by atoms with Gasteiger partial charge in [-0.05, 0) is 24.7 Å². The van der Waals surface area contributed by atoms with Crippen LogP contribution in [-0.4, -0.2) is 30.6 Å². The summed E-state index contributed by atoms with van der Waals surface area (Å²) in [6, 6.07) is 0.475. The maximum Gasteiger partial charge on any atom is 0.0297 e. The summed E-state index contributed by atoms with van der Waals surface area (Å²) < 4.78 is 0. The number of nitrogens with two attached hydrogens (primary N) is 1. The fraction of sp³-hybridized carbons (Fsp3) is 1.00. The Balaban J connectivity index is 1.66. The van der Waals surface area contributed by atoms with Gasteiger partial charge in [0.05, 0.1) is 0 Å². The minimum atomic E-state index is 0.475. The first-order valence-corrected chi connectivity index (χ1v) is 5.76. The SMILES string of the molecule is CC[C@@H]1CCC(CN2CC(N)C2)C1. The molecule has 1 saturated carbocycles. The number of likely N-dealkylation sites (tertiary alicyclic amines) is 1. The summed E-state index contributed by atoms with van der Waals surface area (Å²) in [6.07, 6.45) is 5.80. The maximum atomic E-state index is 5.75. The molecule has 76 valence electrons. The molecule has 2 fully saturated rings. The standard InChI is InChI=1S/C11H22N2/c1-2-9-3-4-10(5-9)6-13-7-11(12)8-13/h9-11H,2-8,12H2,1H3/t9-,10?/m1/s1. The van der Waals surface area contributed by atoms with E-state index in [0.29, 0.717) is 6.04 Å². The molecule has 1 aliphatic heterocycles. The van der Waals surface area contributed by atoms with Crippen LogP contribution in [0.4, 0.5) is 0 Å². The van der Waals surface area contributed by atoms with Gasteiger partial charge in [0.15, 0.2) is 0 Å². The van der Waals surface area contributed by atoms with Crippen molar-refractivity contribution < 1.29 is 0 Å². The first-order valence-electron chi connectivity index (χ1n) is 5.76. The van der Waals surface area contributed by atoms with Gasteiger partial charge in [-0.1, -0.05) is 19.8 Å². The molecule has 0 aromatic heterocycles. The van der Waals surface area contributed by atoms with Crippen LogP contribution in [0.15, 0.2) is 0 Å². The van der Waals surface area contributed by atoms with Gasteiger partial charge in [0, 0.05) is 25.7 Å². The van der Waals surface area contributed by atoms with Crippen LogP contribution in [-0.2, 0) is 0 Å². The molecule has 1 aliphatic carbocycles. The highest BCUT2D eigenvalue weighted by Gasteiger charge is 2.29. The molecular weight excluding hydrogens is 160 g/mol. The van der Waals surface area contributed by atoms with Crippen LogP contribution in [0.3, 0.4) is 0 Å². The average Bonchev–Trinajstić information content (AvgIpc) is 2.50. The molecule has 2 N–H and O–H groups in total. The van der Waals surface area contributed by atoms with Crippen LogP contribution < -0.4 is 5.73 Å². The Morgan fingerprint density at radius 2 is 1.92 bits per heavy atom. The predicted octanol–water partition coefficient (Wildman–Crippen LogP) is 1.46. The zero-order valence-corrected chi connectivity index (χ0v) is 8.71. The lowest BCUT2D eigenvalue weighted by molar-refractivity contribution is 0.126. The number of hydrogen-bond acceptors (Lipinski definition) is 2. The molecule has 2 aliphatic rings. The molecule has 0 aromatic rings. The quantitative estimate of drug-likeness (QED) is 0.716. The van der Waals surface area contributed by atoms with Gasteiger partial charge in [0.2, 0.25) is 0 Å². The van der Waals surface area contributed by atoms with E-state index < -0.39 is 0 Å². The van der Waals surface area contributed by atoms with Crippen LogP contribution in [0.5, 0.6) is 0 Å². The van der Waals surface area contributed by atoms with E-state index >= 15 is 0 Å². The predicted molar refractivity (Wildman–Crippen MR) is 55.5 cm³/mol. The molecule has 0 spiro atoms. The lowest BCUT2D eigenvalue weighted by Crippen LogP contribution is -2.56. The van der Waals surface area contributed by atoms with E-state index in [0.717, 1.165) is 24.9 Å². The second kappa shape index (κ2) is 3.97. The van der Waals surface area contributed by atoms with Gasteiger partial charge in [-0.3, -0.25) is 4.90 Å². The molecular formula is C11H22N2. The van der Waals surface area contributed by atoms with Crippen molar-refractivity contribution in [3.63, 3.8) is 0 Å². The van der Waals surface area contributed by atoms with Gasteiger partial charge < -0.3 is 5.73 Å². The van der Waals surface area contributed by atoms with E-state index in [2.05, 4.69) is 11.8 Å². The van der Waals surface area contributed by atoms with Crippen molar-refractivity contribution in [2.24, 2.45) is 17.6 Å². The summed E-state index contributed by atoms with van der Waals surface area (Å²) >= 11 is 0. The van der Waals surface area contributed by atoms with Crippen LogP contribution in [0.1, 0.15) is 32.6 Å². The molecule has 2 atom stereocenters. The van der Waals surface area contributed by atoms with E-state index in [-0.39, 0.29) is 0 Å². The maximum absolute atomic E-state index is 5.75. The van der Waals surface area contributed by atoms with E-state index in [4.69, 9.17) is 5.73 Å². The molecule has 2 heteroatoms. The largest absolute Gasteiger partial charge is 0.325 e. The zero-order chi connectivity index (χ0) is 9.26. The van der Waals surface area contributed by atoms with Crippen LogP contribution in [0.25, 0.3) is 0 Å². The topological polar surface area (TPSA) is 29.3 Å². The Kier molecular flexibility index (Phi) is 2.89. The van der Waals surface area contributed by atoms with Gasteiger partial charge >= 0.3 is 0 Å². The smallest absolute Gasteiger partial charge is 0.0297 e. The number of hydrogen-bond donors (Lipinski definition) is 1. The Bertz CT molecular complexity index is 163. The molecule has 2 nitrogen and oxygen atoms in total. The average molecular weight is 182 g/mol.